The molecule has 54 heavy (non-hydrogen) atoms. The van der Waals surface area contributed by atoms with Crippen molar-refractivity contribution in [3.05, 3.63) is 229 Å². The fraction of sp³-hybridized carbons (Fsp3) is 0.0943. The minimum atomic E-state index is 0.480. The van der Waals surface area contributed by atoms with Gasteiger partial charge >= 0.3 is 0 Å². The lowest BCUT2D eigenvalue weighted by Gasteiger charge is -2.29. The Morgan fingerprint density at radius 1 is 0.574 bits per heavy atom. The Bertz CT molecular complexity index is 2470. The summed E-state index contributed by atoms with van der Waals surface area (Å²) < 4.78 is 0. The first-order chi connectivity index (χ1) is 26.6. The molecule has 0 aromatic heterocycles. The molecular weight excluding hydrogens is 651 g/mol. The van der Waals surface area contributed by atoms with Crippen molar-refractivity contribution in [2.75, 3.05) is 4.90 Å². The van der Waals surface area contributed by atoms with Gasteiger partial charge in [-0.1, -0.05) is 183 Å². The van der Waals surface area contributed by atoms with Crippen molar-refractivity contribution in [1.29, 1.82) is 0 Å². The zero-order valence-electron chi connectivity index (χ0n) is 31.1. The summed E-state index contributed by atoms with van der Waals surface area (Å²) in [5, 5.41) is 2.58. The third-order valence-corrected chi connectivity index (χ3v) is 10.4. The summed E-state index contributed by atoms with van der Waals surface area (Å²) in [5.74, 6) is 0.480. The average Bonchev–Trinajstić information content (AvgIpc) is 3.24. The van der Waals surface area contributed by atoms with Crippen molar-refractivity contribution < 1.29 is 0 Å². The molecule has 0 saturated heterocycles. The van der Waals surface area contributed by atoms with Crippen LogP contribution in [0.2, 0.25) is 0 Å². The highest BCUT2D eigenvalue weighted by Crippen LogP contribution is 2.36. The van der Waals surface area contributed by atoms with E-state index in [1.165, 1.54) is 66.6 Å². The van der Waals surface area contributed by atoms with Crippen molar-refractivity contribution >= 4 is 33.3 Å². The Morgan fingerprint density at radius 3 is 1.81 bits per heavy atom. The fourth-order valence-corrected chi connectivity index (χ4v) is 7.56. The first kappa shape index (κ1) is 34.6. The fourth-order valence-electron chi connectivity index (χ4n) is 7.56. The number of benzene rings is 7. The summed E-state index contributed by atoms with van der Waals surface area (Å²) in [7, 11) is 0. The van der Waals surface area contributed by atoms with Gasteiger partial charge < -0.3 is 4.90 Å². The monoisotopic (exact) mass is 695 g/mol. The van der Waals surface area contributed by atoms with Gasteiger partial charge in [-0.3, -0.25) is 0 Å². The molecule has 1 unspecified atom stereocenters. The van der Waals surface area contributed by atoms with Crippen molar-refractivity contribution in [2.24, 2.45) is 5.92 Å². The topological polar surface area (TPSA) is 3.24 Å². The molecule has 1 nitrogen and oxygen atoms in total. The van der Waals surface area contributed by atoms with Gasteiger partial charge in [0.05, 0.1) is 0 Å². The number of nitrogens with zero attached hydrogens (tertiary/aromatic N) is 1. The van der Waals surface area contributed by atoms with Gasteiger partial charge in [0.1, 0.15) is 0 Å². The summed E-state index contributed by atoms with van der Waals surface area (Å²) in [5.41, 5.74) is 14.6. The van der Waals surface area contributed by atoms with Crippen molar-refractivity contribution in [2.45, 2.75) is 26.7 Å². The Labute approximate surface area is 320 Å². The second-order valence-electron chi connectivity index (χ2n) is 14.2. The third kappa shape index (κ3) is 7.68. The summed E-state index contributed by atoms with van der Waals surface area (Å²) in [6.45, 7) is 4.51. The lowest BCUT2D eigenvalue weighted by molar-refractivity contribution is 0.726. The smallest absolute Gasteiger partial charge is 0.0461 e. The first-order valence-corrected chi connectivity index (χ1v) is 19.0. The molecule has 0 saturated carbocycles. The van der Waals surface area contributed by atoms with E-state index < -0.39 is 0 Å². The molecule has 0 fully saturated rings. The van der Waals surface area contributed by atoms with Crippen molar-refractivity contribution in [3.8, 4) is 22.3 Å². The van der Waals surface area contributed by atoms with E-state index in [4.69, 9.17) is 0 Å². The van der Waals surface area contributed by atoms with Crippen LogP contribution in [0.1, 0.15) is 37.0 Å². The van der Waals surface area contributed by atoms with Crippen LogP contribution in [0.4, 0.5) is 11.4 Å². The molecule has 262 valence electrons. The standard InChI is InChI=1S/C53H45N/c1-39-15-14-22-50(37-39)54(48-32-27-43(28-33-48)42-18-8-4-9-19-42)49-34-29-44(30-35-49)47(38-40(2)41-16-6-3-7-17-41)26-25-46-31-36-52(45-20-10-5-11-21-45)53-24-13-12-23-51(46)53/h3-14,16-24,26-39H,15,25H2,1-2H3/b40-38+,47-26+. The van der Waals surface area contributed by atoms with E-state index in [9.17, 15) is 0 Å². The molecule has 1 aliphatic rings. The molecule has 1 atom stereocenters. The maximum atomic E-state index is 2.40. The molecule has 0 radical (unpaired) electrons. The zero-order chi connectivity index (χ0) is 36.7. The highest BCUT2D eigenvalue weighted by Gasteiger charge is 2.17. The van der Waals surface area contributed by atoms with Gasteiger partial charge in [-0.2, -0.15) is 0 Å². The molecule has 7 aromatic carbocycles. The predicted molar refractivity (Wildman–Crippen MR) is 233 cm³/mol. The molecule has 0 aliphatic heterocycles. The van der Waals surface area contributed by atoms with Crippen LogP contribution in [-0.4, -0.2) is 0 Å². The molecule has 7 aromatic rings. The van der Waals surface area contributed by atoms with E-state index in [0.29, 0.717) is 5.92 Å². The molecule has 0 N–H and O–H groups in total. The normalized spacial score (nSPS) is 14.6. The van der Waals surface area contributed by atoms with E-state index in [0.717, 1.165) is 24.2 Å². The Hall–Kier alpha value is -6.44. The maximum Gasteiger partial charge on any atom is 0.0461 e. The van der Waals surface area contributed by atoms with Gasteiger partial charge in [0.25, 0.3) is 0 Å². The van der Waals surface area contributed by atoms with E-state index in [1.807, 2.05) is 0 Å². The minimum Gasteiger partial charge on any atom is -0.311 e. The second kappa shape index (κ2) is 16.1. The molecule has 8 rings (SSSR count). The van der Waals surface area contributed by atoms with Gasteiger partial charge in [-0.15, -0.1) is 0 Å². The van der Waals surface area contributed by atoms with Crippen LogP contribution < -0.4 is 4.90 Å². The molecular formula is C53H45N. The molecule has 0 bridgehead atoms. The average molecular weight is 696 g/mol. The van der Waals surface area contributed by atoms with Crippen LogP contribution in [0, 0.1) is 5.92 Å². The number of fused-ring (bicyclic) bond motifs is 1. The van der Waals surface area contributed by atoms with Crippen LogP contribution in [0.15, 0.2) is 212 Å². The van der Waals surface area contributed by atoms with E-state index in [2.05, 4.69) is 225 Å². The van der Waals surface area contributed by atoms with E-state index in [-0.39, 0.29) is 0 Å². The van der Waals surface area contributed by atoms with Gasteiger partial charge in [-0.25, -0.2) is 0 Å². The minimum absolute atomic E-state index is 0.480. The van der Waals surface area contributed by atoms with Gasteiger partial charge in [0, 0.05) is 17.1 Å². The maximum absolute atomic E-state index is 2.40. The number of rotatable bonds is 10. The largest absolute Gasteiger partial charge is 0.311 e. The first-order valence-electron chi connectivity index (χ1n) is 19.0. The number of anilines is 2. The summed E-state index contributed by atoms with van der Waals surface area (Å²) in [6.07, 6.45) is 13.6. The third-order valence-electron chi connectivity index (χ3n) is 10.4. The summed E-state index contributed by atoms with van der Waals surface area (Å²) in [6, 6.07) is 63.5. The predicted octanol–water partition coefficient (Wildman–Crippen LogP) is 14.5. The van der Waals surface area contributed by atoms with Gasteiger partial charge in [0.15, 0.2) is 0 Å². The number of allylic oxidation sites excluding steroid dienone is 7. The van der Waals surface area contributed by atoms with Crippen molar-refractivity contribution in [3.63, 3.8) is 0 Å². The van der Waals surface area contributed by atoms with Gasteiger partial charge in [0.2, 0.25) is 0 Å². The highest BCUT2D eigenvalue weighted by molar-refractivity contribution is 5.99. The Morgan fingerprint density at radius 2 is 1.15 bits per heavy atom. The molecule has 0 spiro atoms. The van der Waals surface area contributed by atoms with Crippen LogP contribution in [0.25, 0.3) is 44.2 Å². The summed E-state index contributed by atoms with van der Waals surface area (Å²) in [4.78, 5) is 2.39. The summed E-state index contributed by atoms with van der Waals surface area (Å²) >= 11 is 0. The Kier molecular flexibility index (Phi) is 10.3. The van der Waals surface area contributed by atoms with E-state index >= 15 is 0 Å². The van der Waals surface area contributed by atoms with Crippen LogP contribution in [0.5, 0.6) is 0 Å². The molecule has 1 heteroatoms. The number of hydrogen-bond donors (Lipinski definition) is 0. The lowest BCUT2D eigenvalue weighted by Crippen LogP contribution is -2.17. The highest BCUT2D eigenvalue weighted by atomic mass is 15.1. The van der Waals surface area contributed by atoms with Crippen molar-refractivity contribution in [1.82, 2.24) is 0 Å². The van der Waals surface area contributed by atoms with Crippen LogP contribution in [-0.2, 0) is 6.42 Å². The molecule has 1 aliphatic carbocycles. The second-order valence-corrected chi connectivity index (χ2v) is 14.2. The van der Waals surface area contributed by atoms with Crippen LogP contribution in [0.3, 0.4) is 0 Å². The number of hydrogen-bond acceptors (Lipinski definition) is 1. The zero-order valence-corrected chi connectivity index (χ0v) is 31.1. The molecule has 0 heterocycles. The SMILES string of the molecule is C/C(=C\C(=C/Cc1ccc(-c2ccccc2)c2ccccc12)c1ccc(N(C2=CC(C)CC=C2)c2ccc(-c3ccccc3)cc2)cc1)c1ccccc1. The van der Waals surface area contributed by atoms with Crippen LogP contribution >= 0.6 is 0 Å². The van der Waals surface area contributed by atoms with E-state index in [1.54, 1.807) is 0 Å². The quantitative estimate of drug-likeness (QED) is 0.129. The van der Waals surface area contributed by atoms with Gasteiger partial charge in [-0.05, 0) is 117 Å². The molecule has 0 amide bonds. The lowest BCUT2D eigenvalue weighted by atomic mass is 9.92. The Balaban J connectivity index is 1.17.